The van der Waals surface area contributed by atoms with Gasteiger partial charge in [-0.1, -0.05) is 34.1 Å². The fourth-order valence-electron chi connectivity index (χ4n) is 0.922. The number of hydrogen-bond acceptors (Lipinski definition) is 1. The maximum absolute atomic E-state index is 5.16. The van der Waals surface area contributed by atoms with E-state index in [-0.39, 0.29) is 0 Å². The lowest BCUT2D eigenvalue weighted by molar-refractivity contribution is 0.0701. The summed E-state index contributed by atoms with van der Waals surface area (Å²) in [7, 11) is 1.77. The highest BCUT2D eigenvalue weighted by molar-refractivity contribution is 4.58. The first-order valence-electron chi connectivity index (χ1n) is 4.75. The molecule has 70 valence electrons. The molecule has 2 unspecified atom stereocenters. The molecular formula is C10H24O. The Kier molecular flexibility index (Phi) is 12.3. The van der Waals surface area contributed by atoms with Crippen molar-refractivity contribution in [3.63, 3.8) is 0 Å². The highest BCUT2D eigenvalue weighted by atomic mass is 16.5. The van der Waals surface area contributed by atoms with Crippen molar-refractivity contribution in [2.24, 2.45) is 5.92 Å². The molecule has 0 rings (SSSR count). The minimum atomic E-state index is 0.421. The molecule has 0 heterocycles. The van der Waals surface area contributed by atoms with Gasteiger partial charge < -0.3 is 4.74 Å². The van der Waals surface area contributed by atoms with E-state index in [2.05, 4.69) is 20.8 Å². The fourth-order valence-corrected chi connectivity index (χ4v) is 0.922. The largest absolute Gasteiger partial charge is 0.381 e. The van der Waals surface area contributed by atoms with Gasteiger partial charge in [-0.3, -0.25) is 0 Å². The maximum atomic E-state index is 5.16. The molecular weight excluding hydrogens is 136 g/mol. The lowest BCUT2D eigenvalue weighted by Gasteiger charge is -2.16. The van der Waals surface area contributed by atoms with Crippen LogP contribution in [0, 0.1) is 5.92 Å². The van der Waals surface area contributed by atoms with E-state index in [0.717, 1.165) is 0 Å². The number of methoxy groups -OCH3 is 1. The molecule has 0 N–H and O–H groups in total. The van der Waals surface area contributed by atoms with Gasteiger partial charge in [0.05, 0.1) is 6.10 Å². The van der Waals surface area contributed by atoms with Crippen LogP contribution in [0.25, 0.3) is 0 Å². The molecule has 0 spiro atoms. The molecule has 0 amide bonds. The van der Waals surface area contributed by atoms with Gasteiger partial charge >= 0.3 is 0 Å². The van der Waals surface area contributed by atoms with E-state index < -0.39 is 0 Å². The van der Waals surface area contributed by atoms with E-state index >= 15 is 0 Å². The average molecular weight is 160 g/mol. The minimum absolute atomic E-state index is 0.421. The number of ether oxygens (including phenoxy) is 1. The zero-order chi connectivity index (χ0) is 9.28. The van der Waals surface area contributed by atoms with Crippen molar-refractivity contribution in [3.05, 3.63) is 0 Å². The van der Waals surface area contributed by atoms with Gasteiger partial charge in [0.15, 0.2) is 0 Å². The normalized spacial score (nSPS) is 14.7. The fraction of sp³-hybridized carbons (Fsp3) is 1.00. The van der Waals surface area contributed by atoms with Gasteiger partial charge in [-0.15, -0.1) is 0 Å². The van der Waals surface area contributed by atoms with E-state index in [1.807, 2.05) is 13.8 Å². The second kappa shape index (κ2) is 9.96. The van der Waals surface area contributed by atoms with Gasteiger partial charge in [-0.2, -0.15) is 0 Å². The first-order valence-corrected chi connectivity index (χ1v) is 4.75. The molecule has 0 aromatic carbocycles. The maximum Gasteiger partial charge on any atom is 0.0568 e. The SMILES string of the molecule is CC.CCCC(C)C(C)OC. The van der Waals surface area contributed by atoms with Crippen molar-refractivity contribution in [1.29, 1.82) is 0 Å². The topological polar surface area (TPSA) is 9.23 Å². The summed E-state index contributed by atoms with van der Waals surface area (Å²) >= 11 is 0. The predicted octanol–water partition coefficient (Wildman–Crippen LogP) is 3.48. The first kappa shape index (κ1) is 13.5. The third kappa shape index (κ3) is 7.86. The number of rotatable bonds is 4. The van der Waals surface area contributed by atoms with Gasteiger partial charge in [0.1, 0.15) is 0 Å². The monoisotopic (exact) mass is 160 g/mol. The van der Waals surface area contributed by atoms with Crippen LogP contribution in [0.15, 0.2) is 0 Å². The predicted molar refractivity (Wildman–Crippen MR) is 51.9 cm³/mol. The Morgan fingerprint density at radius 3 is 1.91 bits per heavy atom. The Morgan fingerprint density at radius 2 is 1.64 bits per heavy atom. The van der Waals surface area contributed by atoms with Gasteiger partial charge in [0, 0.05) is 7.11 Å². The molecule has 1 nitrogen and oxygen atoms in total. The van der Waals surface area contributed by atoms with Crippen LogP contribution < -0.4 is 0 Å². The van der Waals surface area contributed by atoms with Crippen LogP contribution in [0.4, 0.5) is 0 Å². The molecule has 0 saturated heterocycles. The van der Waals surface area contributed by atoms with E-state index in [1.54, 1.807) is 7.11 Å². The van der Waals surface area contributed by atoms with Crippen molar-refractivity contribution >= 4 is 0 Å². The van der Waals surface area contributed by atoms with Gasteiger partial charge in [0.25, 0.3) is 0 Å². The molecule has 0 radical (unpaired) electrons. The summed E-state index contributed by atoms with van der Waals surface area (Å²) in [5, 5.41) is 0. The standard InChI is InChI=1S/C8H18O.C2H6/c1-5-6-7(2)8(3)9-4;1-2/h7-8H,5-6H2,1-4H3;1-2H3. The van der Waals surface area contributed by atoms with E-state index in [4.69, 9.17) is 4.74 Å². The van der Waals surface area contributed by atoms with Crippen LogP contribution in [0.3, 0.4) is 0 Å². The van der Waals surface area contributed by atoms with Crippen LogP contribution in [-0.4, -0.2) is 13.2 Å². The summed E-state index contributed by atoms with van der Waals surface area (Å²) in [6, 6.07) is 0. The Morgan fingerprint density at radius 1 is 1.18 bits per heavy atom. The zero-order valence-corrected chi connectivity index (χ0v) is 8.98. The lowest BCUT2D eigenvalue weighted by atomic mass is 10.0. The van der Waals surface area contributed by atoms with Crippen molar-refractivity contribution in [2.45, 2.75) is 53.6 Å². The summed E-state index contributed by atoms with van der Waals surface area (Å²) in [6.45, 7) is 10.6. The molecule has 0 aliphatic rings. The molecule has 0 fully saturated rings. The van der Waals surface area contributed by atoms with Crippen molar-refractivity contribution in [1.82, 2.24) is 0 Å². The third-order valence-corrected chi connectivity index (χ3v) is 1.92. The van der Waals surface area contributed by atoms with Crippen LogP contribution in [0.2, 0.25) is 0 Å². The van der Waals surface area contributed by atoms with Crippen molar-refractivity contribution in [3.8, 4) is 0 Å². The van der Waals surface area contributed by atoms with E-state index in [9.17, 15) is 0 Å². The molecule has 0 saturated carbocycles. The first-order chi connectivity index (χ1) is 5.22. The quantitative estimate of drug-likeness (QED) is 0.611. The summed E-state index contributed by atoms with van der Waals surface area (Å²) in [4.78, 5) is 0. The molecule has 0 aromatic rings. The third-order valence-electron chi connectivity index (χ3n) is 1.92. The van der Waals surface area contributed by atoms with Crippen molar-refractivity contribution in [2.75, 3.05) is 7.11 Å². The van der Waals surface area contributed by atoms with Gasteiger partial charge in [0.2, 0.25) is 0 Å². The highest BCUT2D eigenvalue weighted by Crippen LogP contribution is 2.11. The molecule has 1 heteroatoms. The molecule has 2 atom stereocenters. The Bertz CT molecular complexity index is 61.9. The Balaban J connectivity index is 0. The summed E-state index contributed by atoms with van der Waals surface area (Å²) < 4.78 is 5.16. The highest BCUT2D eigenvalue weighted by Gasteiger charge is 2.08. The summed E-state index contributed by atoms with van der Waals surface area (Å²) in [6.07, 6.45) is 2.95. The van der Waals surface area contributed by atoms with Crippen LogP contribution in [0.1, 0.15) is 47.5 Å². The lowest BCUT2D eigenvalue weighted by Crippen LogP contribution is -2.15. The smallest absolute Gasteiger partial charge is 0.0568 e. The van der Waals surface area contributed by atoms with Crippen LogP contribution in [-0.2, 0) is 4.74 Å². The van der Waals surface area contributed by atoms with E-state index in [0.29, 0.717) is 12.0 Å². The summed E-state index contributed by atoms with van der Waals surface area (Å²) in [5.41, 5.74) is 0. The van der Waals surface area contributed by atoms with Crippen molar-refractivity contribution < 1.29 is 4.74 Å². The second-order valence-electron chi connectivity index (χ2n) is 2.71. The molecule has 0 aromatic heterocycles. The minimum Gasteiger partial charge on any atom is -0.381 e. The Labute approximate surface area is 72.1 Å². The van der Waals surface area contributed by atoms with Crippen LogP contribution >= 0.6 is 0 Å². The average Bonchev–Trinajstić information content (AvgIpc) is 2.07. The molecule has 11 heavy (non-hydrogen) atoms. The number of hydrogen-bond donors (Lipinski definition) is 0. The zero-order valence-electron chi connectivity index (χ0n) is 8.98. The van der Waals surface area contributed by atoms with E-state index in [1.165, 1.54) is 12.8 Å². The Hall–Kier alpha value is -0.0400. The molecule has 0 aliphatic heterocycles. The summed E-state index contributed by atoms with van der Waals surface area (Å²) in [5.74, 6) is 0.708. The van der Waals surface area contributed by atoms with Gasteiger partial charge in [-0.05, 0) is 19.3 Å². The second-order valence-corrected chi connectivity index (χ2v) is 2.71. The van der Waals surface area contributed by atoms with Gasteiger partial charge in [-0.25, -0.2) is 0 Å². The molecule has 0 bridgehead atoms. The van der Waals surface area contributed by atoms with Crippen LogP contribution in [0.5, 0.6) is 0 Å². The molecule has 0 aliphatic carbocycles.